The number of carbonyl (C=O) groups is 2. The van der Waals surface area contributed by atoms with Crippen molar-refractivity contribution in [3.05, 3.63) is 22.4 Å². The number of likely N-dealkylation sites (tertiary alicyclic amines) is 1. The van der Waals surface area contributed by atoms with Crippen LogP contribution >= 0.6 is 11.3 Å². The third-order valence-corrected chi connectivity index (χ3v) is 7.32. The monoisotopic (exact) mass is 391 g/mol. The molecule has 6 heteroatoms. The fourth-order valence-electron chi connectivity index (χ4n) is 4.47. The average molecular weight is 392 g/mol. The minimum Gasteiger partial charge on any atom is -0.354 e. The van der Waals surface area contributed by atoms with Crippen LogP contribution in [-0.2, 0) is 4.79 Å². The van der Waals surface area contributed by atoms with E-state index in [0.29, 0.717) is 13.1 Å². The van der Waals surface area contributed by atoms with Crippen molar-refractivity contribution < 1.29 is 9.59 Å². The maximum Gasteiger partial charge on any atom is 0.263 e. The summed E-state index contributed by atoms with van der Waals surface area (Å²) in [6.07, 6.45) is 8.95. The molecule has 0 radical (unpaired) electrons. The van der Waals surface area contributed by atoms with Crippen LogP contribution in [0.3, 0.4) is 0 Å². The van der Waals surface area contributed by atoms with Crippen molar-refractivity contribution in [1.82, 2.24) is 15.1 Å². The summed E-state index contributed by atoms with van der Waals surface area (Å²) in [4.78, 5) is 30.2. The number of nitrogens with zero attached hydrogens (tertiary/aromatic N) is 2. The number of hydrogen-bond donors (Lipinski definition) is 1. The standard InChI is InChI=1S/C21H33N3O2S/c1-23(2)21(11-5-3-4-6-12-21)16-22-19(25)17-9-13-24(14-10-17)20(26)18-8-7-15-27-18/h7-8,15,17H,3-6,9-14,16H2,1-2H3,(H,22,25). The van der Waals surface area contributed by atoms with Crippen LogP contribution in [0.1, 0.15) is 61.0 Å². The molecule has 1 aliphatic heterocycles. The number of amides is 2. The lowest BCUT2D eigenvalue weighted by molar-refractivity contribution is -0.127. The molecule has 0 spiro atoms. The lowest BCUT2D eigenvalue weighted by Crippen LogP contribution is -2.53. The summed E-state index contributed by atoms with van der Waals surface area (Å²) in [5, 5.41) is 5.19. The van der Waals surface area contributed by atoms with Crippen molar-refractivity contribution in [2.45, 2.75) is 56.9 Å². The molecule has 0 aromatic carbocycles. The van der Waals surface area contributed by atoms with Crippen LogP contribution in [0.25, 0.3) is 0 Å². The third-order valence-electron chi connectivity index (χ3n) is 6.46. The lowest BCUT2D eigenvalue weighted by Gasteiger charge is -2.40. The van der Waals surface area contributed by atoms with Gasteiger partial charge in [0.05, 0.1) is 4.88 Å². The summed E-state index contributed by atoms with van der Waals surface area (Å²) in [6.45, 7) is 2.09. The second-order valence-electron chi connectivity index (χ2n) is 8.29. The van der Waals surface area contributed by atoms with E-state index in [1.165, 1.54) is 37.0 Å². The Morgan fingerprint density at radius 1 is 1.19 bits per heavy atom. The fourth-order valence-corrected chi connectivity index (χ4v) is 5.16. The van der Waals surface area contributed by atoms with Gasteiger partial charge in [-0.1, -0.05) is 31.7 Å². The Morgan fingerprint density at radius 2 is 1.85 bits per heavy atom. The summed E-state index contributed by atoms with van der Waals surface area (Å²) in [7, 11) is 4.29. The molecule has 0 bridgehead atoms. The first-order valence-electron chi connectivity index (χ1n) is 10.3. The van der Waals surface area contributed by atoms with Gasteiger partial charge in [-0.15, -0.1) is 11.3 Å². The van der Waals surface area contributed by atoms with Crippen LogP contribution in [0.4, 0.5) is 0 Å². The van der Waals surface area contributed by atoms with Crippen molar-refractivity contribution in [2.75, 3.05) is 33.7 Å². The van der Waals surface area contributed by atoms with Crippen molar-refractivity contribution in [1.29, 1.82) is 0 Å². The zero-order valence-corrected chi connectivity index (χ0v) is 17.5. The van der Waals surface area contributed by atoms with E-state index in [-0.39, 0.29) is 23.3 Å². The first kappa shape index (κ1) is 20.3. The molecule has 1 saturated carbocycles. The normalized spacial score (nSPS) is 21.1. The molecule has 1 aromatic heterocycles. The highest BCUT2D eigenvalue weighted by Crippen LogP contribution is 2.31. The number of hydrogen-bond acceptors (Lipinski definition) is 4. The smallest absolute Gasteiger partial charge is 0.263 e. The molecule has 150 valence electrons. The molecule has 5 nitrogen and oxygen atoms in total. The molecule has 2 heterocycles. The number of carbonyl (C=O) groups excluding carboxylic acids is 2. The van der Waals surface area contributed by atoms with Crippen molar-refractivity contribution in [3.8, 4) is 0 Å². The van der Waals surface area contributed by atoms with Crippen LogP contribution in [0.5, 0.6) is 0 Å². The number of rotatable bonds is 5. The second kappa shape index (κ2) is 9.20. The summed E-state index contributed by atoms with van der Waals surface area (Å²) in [5.74, 6) is 0.306. The Morgan fingerprint density at radius 3 is 2.41 bits per heavy atom. The summed E-state index contributed by atoms with van der Waals surface area (Å²) in [6, 6.07) is 3.78. The molecule has 1 saturated heterocycles. The average Bonchev–Trinajstić information content (AvgIpc) is 3.11. The summed E-state index contributed by atoms with van der Waals surface area (Å²) in [5.41, 5.74) is 0.0992. The summed E-state index contributed by atoms with van der Waals surface area (Å²) < 4.78 is 0. The minimum atomic E-state index is 0.0300. The molecule has 3 rings (SSSR count). The SMILES string of the molecule is CN(C)C1(CNC(=O)C2CCN(C(=O)c3cccs3)CC2)CCCCCC1. The second-order valence-corrected chi connectivity index (χ2v) is 9.24. The van der Waals surface area contributed by atoms with E-state index in [1.54, 1.807) is 0 Å². The van der Waals surface area contributed by atoms with Crippen molar-refractivity contribution >= 4 is 23.2 Å². The van der Waals surface area contributed by atoms with E-state index in [1.807, 2.05) is 22.4 Å². The Hall–Kier alpha value is -1.40. The van der Waals surface area contributed by atoms with E-state index < -0.39 is 0 Å². The van der Waals surface area contributed by atoms with Crippen LogP contribution in [0.2, 0.25) is 0 Å². The van der Waals surface area contributed by atoms with Crippen LogP contribution in [-0.4, -0.2) is 60.9 Å². The van der Waals surface area contributed by atoms with E-state index in [9.17, 15) is 9.59 Å². The highest BCUT2D eigenvalue weighted by atomic mass is 32.1. The molecule has 2 fully saturated rings. The van der Waals surface area contributed by atoms with Gasteiger partial charge in [0.2, 0.25) is 5.91 Å². The number of likely N-dealkylation sites (N-methyl/N-ethyl adjacent to an activating group) is 1. The van der Waals surface area contributed by atoms with Gasteiger partial charge in [-0.2, -0.15) is 0 Å². The van der Waals surface area contributed by atoms with Gasteiger partial charge >= 0.3 is 0 Å². The van der Waals surface area contributed by atoms with Gasteiger partial charge < -0.3 is 15.1 Å². The van der Waals surface area contributed by atoms with Crippen LogP contribution in [0, 0.1) is 5.92 Å². The van der Waals surface area contributed by atoms with Gasteiger partial charge in [-0.25, -0.2) is 0 Å². The van der Waals surface area contributed by atoms with Crippen LogP contribution in [0.15, 0.2) is 17.5 Å². The fraction of sp³-hybridized carbons (Fsp3) is 0.714. The molecule has 1 aliphatic carbocycles. The van der Waals surface area contributed by atoms with Gasteiger partial charge in [0.1, 0.15) is 0 Å². The van der Waals surface area contributed by atoms with Crippen molar-refractivity contribution in [2.24, 2.45) is 5.92 Å². The maximum atomic E-state index is 12.8. The first-order chi connectivity index (χ1) is 13.0. The molecule has 1 N–H and O–H groups in total. The highest BCUT2D eigenvalue weighted by molar-refractivity contribution is 7.12. The number of nitrogens with one attached hydrogen (secondary N) is 1. The predicted molar refractivity (Wildman–Crippen MR) is 110 cm³/mol. The minimum absolute atomic E-state index is 0.0300. The number of piperidine rings is 1. The zero-order chi connectivity index (χ0) is 19.3. The topological polar surface area (TPSA) is 52.7 Å². The molecule has 1 aromatic rings. The molecule has 27 heavy (non-hydrogen) atoms. The molecule has 0 atom stereocenters. The first-order valence-corrected chi connectivity index (χ1v) is 11.2. The quantitative estimate of drug-likeness (QED) is 0.783. The van der Waals surface area contributed by atoms with Gasteiger partial charge in [-0.3, -0.25) is 9.59 Å². The molecular formula is C21H33N3O2S. The molecular weight excluding hydrogens is 358 g/mol. The van der Waals surface area contributed by atoms with E-state index in [2.05, 4.69) is 24.3 Å². The Balaban J connectivity index is 1.49. The van der Waals surface area contributed by atoms with Crippen LogP contribution < -0.4 is 5.32 Å². The molecule has 0 unspecified atom stereocenters. The highest BCUT2D eigenvalue weighted by Gasteiger charge is 2.35. The Labute approximate surface area is 167 Å². The number of thiophene rings is 1. The summed E-state index contributed by atoms with van der Waals surface area (Å²) >= 11 is 1.48. The van der Waals surface area contributed by atoms with E-state index in [4.69, 9.17) is 0 Å². The maximum absolute atomic E-state index is 12.8. The lowest BCUT2D eigenvalue weighted by atomic mass is 9.88. The Kier molecular flexibility index (Phi) is 6.93. The zero-order valence-electron chi connectivity index (χ0n) is 16.7. The van der Waals surface area contributed by atoms with E-state index in [0.717, 1.165) is 37.1 Å². The predicted octanol–water partition coefficient (Wildman–Crippen LogP) is 3.37. The van der Waals surface area contributed by atoms with Gasteiger partial charge in [-0.05, 0) is 51.2 Å². The molecule has 2 aliphatic rings. The third kappa shape index (κ3) is 4.91. The molecule has 2 amide bonds. The van der Waals surface area contributed by atoms with Gasteiger partial charge in [0, 0.05) is 31.1 Å². The van der Waals surface area contributed by atoms with Gasteiger partial charge in [0.25, 0.3) is 5.91 Å². The van der Waals surface area contributed by atoms with E-state index >= 15 is 0 Å². The largest absolute Gasteiger partial charge is 0.354 e. The van der Waals surface area contributed by atoms with Crippen molar-refractivity contribution in [3.63, 3.8) is 0 Å². The van der Waals surface area contributed by atoms with Gasteiger partial charge in [0.15, 0.2) is 0 Å². The Bertz CT molecular complexity index is 613.